The molecule has 18 heavy (non-hydrogen) atoms. The zero-order chi connectivity index (χ0) is 13.5. The molecule has 0 unspecified atom stereocenters. The van der Waals surface area contributed by atoms with E-state index in [-0.39, 0.29) is 19.1 Å². The van der Waals surface area contributed by atoms with Crippen LogP contribution >= 0.6 is 0 Å². The van der Waals surface area contributed by atoms with Gasteiger partial charge in [0, 0.05) is 18.2 Å². The van der Waals surface area contributed by atoms with E-state index in [0.29, 0.717) is 11.3 Å². The van der Waals surface area contributed by atoms with Gasteiger partial charge in [0.25, 0.3) is 5.91 Å². The fraction of sp³-hybridized carbons (Fsp3) is 0.333. The summed E-state index contributed by atoms with van der Waals surface area (Å²) in [5, 5.41) is 22.7. The summed E-state index contributed by atoms with van der Waals surface area (Å²) in [4.78, 5) is 22.5. The van der Waals surface area contributed by atoms with E-state index in [2.05, 4.69) is 10.6 Å². The summed E-state index contributed by atoms with van der Waals surface area (Å²) in [6.07, 6.45) is 0. The third kappa shape index (κ3) is 4.15. The van der Waals surface area contributed by atoms with Crippen molar-refractivity contribution in [3.05, 3.63) is 29.8 Å². The molecule has 0 spiro atoms. The second-order valence-electron chi connectivity index (χ2n) is 3.79. The highest BCUT2D eigenvalue weighted by molar-refractivity contribution is 5.95. The van der Waals surface area contributed by atoms with Crippen molar-refractivity contribution < 1.29 is 19.8 Å². The molecular formula is C12H16N2O4. The molecule has 0 aliphatic rings. The molecule has 6 heteroatoms. The fourth-order valence-corrected chi connectivity index (χ4v) is 1.33. The number of hydrogen-bond acceptors (Lipinski definition) is 4. The van der Waals surface area contributed by atoms with Crippen LogP contribution < -0.4 is 10.6 Å². The number of hydrogen-bond donors (Lipinski definition) is 4. The Labute approximate surface area is 105 Å². The number of aliphatic hydroxyl groups excluding tert-OH is 2. The van der Waals surface area contributed by atoms with Crippen molar-refractivity contribution in [3.8, 4) is 0 Å². The van der Waals surface area contributed by atoms with Gasteiger partial charge >= 0.3 is 0 Å². The molecule has 0 bridgehead atoms. The minimum absolute atomic E-state index is 0.187. The van der Waals surface area contributed by atoms with Crippen molar-refractivity contribution in [1.29, 1.82) is 0 Å². The molecule has 0 radical (unpaired) electrons. The van der Waals surface area contributed by atoms with Crippen LogP contribution in [0.2, 0.25) is 0 Å². The Hall–Kier alpha value is -1.92. The van der Waals surface area contributed by atoms with Gasteiger partial charge < -0.3 is 20.8 Å². The highest BCUT2D eigenvalue weighted by Crippen LogP contribution is 2.09. The summed E-state index contributed by atoms with van der Waals surface area (Å²) < 4.78 is 0. The average molecular weight is 252 g/mol. The van der Waals surface area contributed by atoms with E-state index >= 15 is 0 Å². The number of rotatable bonds is 5. The molecule has 0 saturated carbocycles. The summed E-state index contributed by atoms with van der Waals surface area (Å²) in [5.41, 5.74) is 0.982. The van der Waals surface area contributed by atoms with Crippen molar-refractivity contribution in [3.63, 3.8) is 0 Å². The molecule has 0 heterocycles. The van der Waals surface area contributed by atoms with Gasteiger partial charge in [-0.15, -0.1) is 0 Å². The number of amides is 2. The SMILES string of the molecule is CC(=O)Nc1ccc(C(=O)NC(CO)CO)cc1. The predicted octanol–water partition coefficient (Wildman–Crippen LogP) is -0.272. The van der Waals surface area contributed by atoms with Crippen molar-refractivity contribution in [2.24, 2.45) is 0 Å². The van der Waals surface area contributed by atoms with E-state index in [1.54, 1.807) is 24.3 Å². The second kappa shape index (κ2) is 6.73. The minimum atomic E-state index is -0.674. The van der Waals surface area contributed by atoms with Gasteiger partial charge in [-0.25, -0.2) is 0 Å². The van der Waals surface area contributed by atoms with Crippen LogP contribution in [0.15, 0.2) is 24.3 Å². The van der Waals surface area contributed by atoms with Gasteiger partial charge in [0.2, 0.25) is 5.91 Å². The Morgan fingerprint density at radius 1 is 1.17 bits per heavy atom. The standard InChI is InChI=1S/C12H16N2O4/c1-8(17)13-10-4-2-9(3-5-10)12(18)14-11(6-15)7-16/h2-5,11,15-16H,6-7H2,1H3,(H,13,17)(H,14,18). The average Bonchev–Trinajstić information content (AvgIpc) is 2.35. The molecule has 6 nitrogen and oxygen atoms in total. The first kappa shape index (κ1) is 14.1. The Kier molecular flexibility index (Phi) is 5.29. The quantitative estimate of drug-likeness (QED) is 0.579. The van der Waals surface area contributed by atoms with Crippen molar-refractivity contribution in [2.75, 3.05) is 18.5 Å². The van der Waals surface area contributed by atoms with E-state index in [0.717, 1.165) is 0 Å². The highest BCUT2D eigenvalue weighted by atomic mass is 16.3. The maximum atomic E-state index is 11.7. The van der Waals surface area contributed by atoms with Crippen molar-refractivity contribution >= 4 is 17.5 Å². The number of nitrogens with one attached hydrogen (secondary N) is 2. The number of carbonyl (C=O) groups excluding carboxylic acids is 2. The van der Waals surface area contributed by atoms with Gasteiger partial charge in [-0.3, -0.25) is 9.59 Å². The first-order valence-corrected chi connectivity index (χ1v) is 5.47. The van der Waals surface area contributed by atoms with Crippen LogP contribution in [0, 0.1) is 0 Å². The van der Waals surface area contributed by atoms with Crippen molar-refractivity contribution in [2.45, 2.75) is 13.0 Å². The second-order valence-corrected chi connectivity index (χ2v) is 3.79. The molecule has 98 valence electrons. The molecule has 4 N–H and O–H groups in total. The fourth-order valence-electron chi connectivity index (χ4n) is 1.33. The van der Waals surface area contributed by atoms with Crippen LogP contribution in [-0.4, -0.2) is 41.3 Å². The minimum Gasteiger partial charge on any atom is -0.394 e. The molecule has 2 amide bonds. The van der Waals surface area contributed by atoms with Crippen LogP contribution in [-0.2, 0) is 4.79 Å². The Morgan fingerprint density at radius 2 is 1.72 bits per heavy atom. The van der Waals surface area contributed by atoms with Crippen LogP contribution in [0.3, 0.4) is 0 Å². The number of carbonyl (C=O) groups is 2. The number of benzene rings is 1. The summed E-state index contributed by atoms with van der Waals surface area (Å²) in [6.45, 7) is 0.742. The largest absolute Gasteiger partial charge is 0.394 e. The first-order chi connectivity index (χ1) is 8.56. The molecule has 0 saturated heterocycles. The number of anilines is 1. The maximum Gasteiger partial charge on any atom is 0.251 e. The molecule has 0 aromatic heterocycles. The molecule has 0 aliphatic carbocycles. The third-order valence-electron chi connectivity index (χ3n) is 2.24. The monoisotopic (exact) mass is 252 g/mol. The summed E-state index contributed by atoms with van der Waals surface area (Å²) in [5.74, 6) is -0.578. The summed E-state index contributed by atoms with van der Waals surface area (Å²) in [7, 11) is 0. The lowest BCUT2D eigenvalue weighted by Gasteiger charge is -2.13. The summed E-state index contributed by atoms with van der Waals surface area (Å²) >= 11 is 0. The molecule has 1 aromatic rings. The van der Waals surface area contributed by atoms with Crippen LogP contribution in [0.1, 0.15) is 17.3 Å². The topological polar surface area (TPSA) is 98.7 Å². The van der Waals surface area contributed by atoms with Crippen molar-refractivity contribution in [1.82, 2.24) is 5.32 Å². The molecule has 1 aromatic carbocycles. The van der Waals surface area contributed by atoms with Crippen LogP contribution in [0.5, 0.6) is 0 Å². The normalized spacial score (nSPS) is 10.2. The smallest absolute Gasteiger partial charge is 0.251 e. The first-order valence-electron chi connectivity index (χ1n) is 5.47. The maximum absolute atomic E-state index is 11.7. The van der Waals surface area contributed by atoms with E-state index in [4.69, 9.17) is 10.2 Å². The van der Waals surface area contributed by atoms with E-state index < -0.39 is 11.9 Å². The van der Waals surface area contributed by atoms with Crippen LogP contribution in [0.4, 0.5) is 5.69 Å². The zero-order valence-corrected chi connectivity index (χ0v) is 10.0. The van der Waals surface area contributed by atoms with Gasteiger partial charge in [-0.1, -0.05) is 0 Å². The lowest BCUT2D eigenvalue weighted by Crippen LogP contribution is -2.40. The molecule has 0 fully saturated rings. The van der Waals surface area contributed by atoms with E-state index in [1.807, 2.05) is 0 Å². The summed E-state index contributed by atoms with van der Waals surface area (Å²) in [6, 6.07) is 5.62. The highest BCUT2D eigenvalue weighted by Gasteiger charge is 2.11. The molecule has 0 aliphatic heterocycles. The lowest BCUT2D eigenvalue weighted by molar-refractivity contribution is -0.114. The Balaban J connectivity index is 2.67. The van der Waals surface area contributed by atoms with E-state index in [9.17, 15) is 9.59 Å². The third-order valence-corrected chi connectivity index (χ3v) is 2.24. The van der Waals surface area contributed by atoms with Gasteiger partial charge in [-0.2, -0.15) is 0 Å². The van der Waals surface area contributed by atoms with Gasteiger partial charge in [-0.05, 0) is 24.3 Å². The van der Waals surface area contributed by atoms with Gasteiger partial charge in [0.05, 0.1) is 19.3 Å². The van der Waals surface area contributed by atoms with E-state index in [1.165, 1.54) is 6.92 Å². The molecular weight excluding hydrogens is 236 g/mol. The predicted molar refractivity (Wildman–Crippen MR) is 66.2 cm³/mol. The Morgan fingerprint density at radius 3 is 2.17 bits per heavy atom. The molecule has 0 atom stereocenters. The van der Waals surface area contributed by atoms with Gasteiger partial charge in [0.1, 0.15) is 0 Å². The lowest BCUT2D eigenvalue weighted by atomic mass is 10.2. The molecule has 1 rings (SSSR count). The zero-order valence-electron chi connectivity index (χ0n) is 10.0. The van der Waals surface area contributed by atoms with Crippen LogP contribution in [0.25, 0.3) is 0 Å². The van der Waals surface area contributed by atoms with Gasteiger partial charge in [0.15, 0.2) is 0 Å². The Bertz CT molecular complexity index is 413. The number of aliphatic hydroxyl groups is 2.